The molecule has 2 amide bonds. The lowest BCUT2D eigenvalue weighted by molar-refractivity contribution is -0.154. The molecule has 5 rings (SSSR count). The van der Waals surface area contributed by atoms with Crippen LogP contribution in [0.3, 0.4) is 0 Å². The van der Waals surface area contributed by atoms with Gasteiger partial charge in [-0.2, -0.15) is 0 Å². The first-order chi connectivity index (χ1) is 19.1. The molecule has 1 saturated carbocycles. The number of hydrogen-bond acceptors (Lipinski definition) is 7. The van der Waals surface area contributed by atoms with E-state index < -0.39 is 18.1 Å². The maximum absolute atomic E-state index is 14.1. The summed E-state index contributed by atoms with van der Waals surface area (Å²) in [5.74, 6) is -0.301. The van der Waals surface area contributed by atoms with E-state index in [0.29, 0.717) is 22.6 Å². The molecule has 2 aliphatic rings. The van der Waals surface area contributed by atoms with Crippen LogP contribution in [0.2, 0.25) is 0 Å². The molecular formula is C30H31N3O6. The van der Waals surface area contributed by atoms with Crippen molar-refractivity contribution in [1.82, 2.24) is 9.88 Å². The van der Waals surface area contributed by atoms with Crippen LogP contribution < -0.4 is 9.47 Å². The van der Waals surface area contributed by atoms with E-state index in [0.717, 1.165) is 36.8 Å². The fourth-order valence-corrected chi connectivity index (χ4v) is 5.36. The molecule has 1 aliphatic heterocycles. The van der Waals surface area contributed by atoms with Crippen molar-refractivity contribution in [3.63, 3.8) is 0 Å². The first-order valence-corrected chi connectivity index (χ1v) is 13.2. The zero-order valence-corrected chi connectivity index (χ0v) is 21.8. The van der Waals surface area contributed by atoms with Crippen molar-refractivity contribution < 1.29 is 23.8 Å². The number of hydrogen-bond donors (Lipinski definition) is 0. The smallest absolute Gasteiger partial charge is 0.308 e. The van der Waals surface area contributed by atoms with Crippen molar-refractivity contribution in [3.8, 4) is 11.5 Å². The Hall–Kier alpha value is -4.11. The van der Waals surface area contributed by atoms with Gasteiger partial charge >= 0.3 is 5.91 Å². The zero-order chi connectivity index (χ0) is 27.2. The average molecular weight is 530 g/mol. The SMILES string of the molecule is COc1ccc2c(c1OCc1ccncc1)C[C@@H](C(=O)N=O)N(C(=O)[C@@H](OC1CCCC1)c1ccccc1)C2. The number of pyridine rings is 1. The molecule has 9 nitrogen and oxygen atoms in total. The third kappa shape index (κ3) is 5.83. The predicted octanol–water partition coefficient (Wildman–Crippen LogP) is 4.92. The molecule has 0 radical (unpaired) electrons. The zero-order valence-electron chi connectivity index (χ0n) is 21.8. The number of fused-ring (bicyclic) bond motifs is 1. The molecule has 202 valence electrons. The van der Waals surface area contributed by atoms with Crippen LogP contribution in [-0.4, -0.2) is 41.0 Å². The molecule has 0 N–H and O–H groups in total. The summed E-state index contributed by atoms with van der Waals surface area (Å²) in [4.78, 5) is 43.9. The number of aromatic nitrogens is 1. The monoisotopic (exact) mass is 529 g/mol. The summed E-state index contributed by atoms with van der Waals surface area (Å²) in [6.45, 7) is 0.362. The Bertz CT molecular complexity index is 1310. The standard InChI is InChI=1S/C30H31N3O6/c1-37-26-12-11-22-18-33(30(35)27(21-7-3-2-4-8-21)39-23-9-5-6-10-23)25(29(34)32-36)17-24(22)28(26)38-19-20-13-15-31-16-14-20/h2-4,7-8,11-16,23,25,27H,5-6,9-10,17-19H2,1H3/t25-,27-/m0/s1. The number of nitroso groups, excluding NO2 is 1. The first kappa shape index (κ1) is 26.5. The van der Waals surface area contributed by atoms with E-state index in [2.05, 4.69) is 10.2 Å². The summed E-state index contributed by atoms with van der Waals surface area (Å²) in [6.07, 6.45) is 6.38. The summed E-state index contributed by atoms with van der Waals surface area (Å²) in [6, 6.07) is 15.5. The van der Waals surface area contributed by atoms with E-state index in [1.165, 1.54) is 4.90 Å². The second kappa shape index (κ2) is 12.2. The van der Waals surface area contributed by atoms with Crippen LogP contribution in [0, 0.1) is 4.91 Å². The highest BCUT2D eigenvalue weighted by molar-refractivity contribution is 5.91. The van der Waals surface area contributed by atoms with Gasteiger partial charge in [0.25, 0.3) is 5.91 Å². The first-order valence-electron chi connectivity index (χ1n) is 13.2. The normalized spacial score (nSPS) is 17.8. The number of benzene rings is 2. The minimum absolute atomic E-state index is 0.0352. The molecule has 2 aromatic carbocycles. The Morgan fingerprint density at radius 1 is 1.05 bits per heavy atom. The molecule has 1 aromatic heterocycles. The van der Waals surface area contributed by atoms with Gasteiger partial charge in [-0.1, -0.05) is 49.2 Å². The lowest BCUT2D eigenvalue weighted by Gasteiger charge is -2.38. The molecule has 39 heavy (non-hydrogen) atoms. The molecule has 2 atom stereocenters. The maximum atomic E-state index is 14.1. The van der Waals surface area contributed by atoms with Gasteiger partial charge in [0.05, 0.1) is 13.2 Å². The van der Waals surface area contributed by atoms with Crippen molar-refractivity contribution in [2.24, 2.45) is 5.18 Å². The molecule has 9 heteroatoms. The maximum Gasteiger partial charge on any atom is 0.308 e. The second-order valence-electron chi connectivity index (χ2n) is 9.83. The van der Waals surface area contributed by atoms with E-state index in [9.17, 15) is 14.5 Å². The number of amides is 2. The third-order valence-electron chi connectivity index (χ3n) is 7.40. The summed E-state index contributed by atoms with van der Waals surface area (Å²) in [5, 5.41) is 2.72. The molecule has 3 aromatic rings. The van der Waals surface area contributed by atoms with Crippen LogP contribution in [-0.2, 0) is 33.9 Å². The number of ether oxygens (including phenoxy) is 3. The number of carbonyl (C=O) groups excluding carboxylic acids is 2. The van der Waals surface area contributed by atoms with Crippen LogP contribution in [0.5, 0.6) is 11.5 Å². The van der Waals surface area contributed by atoms with Gasteiger partial charge < -0.3 is 19.1 Å². The van der Waals surface area contributed by atoms with Crippen molar-refractivity contribution in [3.05, 3.63) is 94.2 Å². The molecule has 0 saturated heterocycles. The average Bonchev–Trinajstić information content (AvgIpc) is 3.51. The predicted molar refractivity (Wildman–Crippen MR) is 143 cm³/mol. The summed E-state index contributed by atoms with van der Waals surface area (Å²) in [7, 11) is 1.54. The number of nitrogens with zero attached hydrogens (tertiary/aromatic N) is 3. The minimum Gasteiger partial charge on any atom is -0.493 e. The van der Waals surface area contributed by atoms with Crippen molar-refractivity contribution in [1.29, 1.82) is 0 Å². The van der Waals surface area contributed by atoms with Gasteiger partial charge in [-0.25, -0.2) is 0 Å². The van der Waals surface area contributed by atoms with Gasteiger partial charge in [0.15, 0.2) is 17.6 Å². The van der Waals surface area contributed by atoms with E-state index in [-0.39, 0.29) is 31.6 Å². The second-order valence-corrected chi connectivity index (χ2v) is 9.83. The number of methoxy groups -OCH3 is 1. The van der Waals surface area contributed by atoms with Gasteiger partial charge in [-0.05, 0) is 47.7 Å². The topological polar surface area (TPSA) is 107 Å². The highest BCUT2D eigenvalue weighted by atomic mass is 16.5. The summed E-state index contributed by atoms with van der Waals surface area (Å²) in [5.41, 5.74) is 3.13. The quantitative estimate of drug-likeness (QED) is 0.362. The highest BCUT2D eigenvalue weighted by Crippen LogP contribution is 2.40. The fraction of sp³-hybridized carbons (Fsp3) is 0.367. The van der Waals surface area contributed by atoms with E-state index in [1.54, 1.807) is 25.6 Å². The van der Waals surface area contributed by atoms with Gasteiger partial charge in [-0.3, -0.25) is 14.6 Å². The van der Waals surface area contributed by atoms with Gasteiger partial charge in [0.2, 0.25) is 0 Å². The molecule has 2 heterocycles. The summed E-state index contributed by atoms with van der Waals surface area (Å²) >= 11 is 0. The number of carbonyl (C=O) groups is 2. The molecular weight excluding hydrogens is 498 g/mol. The van der Waals surface area contributed by atoms with Gasteiger partial charge in [0.1, 0.15) is 12.6 Å². The molecule has 0 spiro atoms. The highest BCUT2D eigenvalue weighted by Gasteiger charge is 2.41. The Labute approximate surface area is 227 Å². The fourth-order valence-electron chi connectivity index (χ4n) is 5.36. The van der Waals surface area contributed by atoms with Crippen molar-refractivity contribution in [2.75, 3.05) is 7.11 Å². The molecule has 0 unspecified atom stereocenters. The Kier molecular flexibility index (Phi) is 8.27. The Morgan fingerprint density at radius 3 is 2.49 bits per heavy atom. The summed E-state index contributed by atoms with van der Waals surface area (Å²) < 4.78 is 18.1. The number of rotatable bonds is 9. The Morgan fingerprint density at radius 2 is 1.79 bits per heavy atom. The molecule has 0 bridgehead atoms. The molecule has 1 aliphatic carbocycles. The van der Waals surface area contributed by atoms with Crippen molar-refractivity contribution >= 4 is 11.8 Å². The van der Waals surface area contributed by atoms with E-state index in [1.807, 2.05) is 48.5 Å². The third-order valence-corrected chi connectivity index (χ3v) is 7.40. The van der Waals surface area contributed by atoms with Crippen LogP contribution in [0.1, 0.15) is 54.0 Å². The lowest BCUT2D eigenvalue weighted by atomic mass is 9.91. The van der Waals surface area contributed by atoms with Crippen LogP contribution in [0.25, 0.3) is 0 Å². The Balaban J connectivity index is 1.48. The van der Waals surface area contributed by atoms with E-state index in [4.69, 9.17) is 14.2 Å². The minimum atomic E-state index is -1.09. The molecule has 1 fully saturated rings. The van der Waals surface area contributed by atoms with Crippen LogP contribution >= 0.6 is 0 Å². The van der Waals surface area contributed by atoms with Gasteiger partial charge in [0, 0.05) is 36.1 Å². The van der Waals surface area contributed by atoms with Crippen LogP contribution in [0.4, 0.5) is 0 Å². The van der Waals surface area contributed by atoms with E-state index >= 15 is 0 Å². The van der Waals surface area contributed by atoms with Gasteiger partial charge in [-0.15, -0.1) is 4.91 Å². The van der Waals surface area contributed by atoms with Crippen LogP contribution in [0.15, 0.2) is 72.2 Å². The van der Waals surface area contributed by atoms with Crippen molar-refractivity contribution in [2.45, 2.75) is 63.5 Å². The largest absolute Gasteiger partial charge is 0.493 e. The lowest BCUT2D eigenvalue weighted by Crippen LogP contribution is -2.50.